The molecule has 0 radical (unpaired) electrons. The highest BCUT2D eigenvalue weighted by atomic mass is 32.2. The number of fused-ring (bicyclic) bond motifs is 3. The summed E-state index contributed by atoms with van der Waals surface area (Å²) in [5.41, 5.74) is 26.7. The number of rotatable bonds is 7. The first kappa shape index (κ1) is 50.1. The third-order valence-corrected chi connectivity index (χ3v) is 12.5. The summed E-state index contributed by atoms with van der Waals surface area (Å²) in [6, 6.07) is 42.2. The van der Waals surface area contributed by atoms with Crippen molar-refractivity contribution in [2.24, 2.45) is 0 Å². The van der Waals surface area contributed by atoms with E-state index < -0.39 is 0 Å². The van der Waals surface area contributed by atoms with Gasteiger partial charge in [0.25, 0.3) is 0 Å². The van der Waals surface area contributed by atoms with Gasteiger partial charge in [0.1, 0.15) is 0 Å². The Morgan fingerprint density at radius 1 is 0.672 bits per heavy atom. The lowest BCUT2D eigenvalue weighted by molar-refractivity contribution is 0.810. The number of para-hydroxylation sites is 2. The maximum absolute atomic E-state index is 6.36. The minimum atomic E-state index is 0.522. The molecule has 5 aromatic carbocycles. The number of nitrogen functional groups attached to an aromatic ring is 2. The van der Waals surface area contributed by atoms with Gasteiger partial charge in [0, 0.05) is 61.0 Å². The Bertz CT molecular complexity index is 2340. The molecule has 2 aliphatic carbocycles. The molecule has 0 amide bonds. The SMILES string of the molecule is C/C=C\C(C)c1ccccc1SC.CC.CC.CC.CNC1=C(c2ccccc2N)C=C(C2=Cc3c(sc4ccc(-c5ccccc5)cc34)CC2)CC1.Cc1ccccc1N. The van der Waals surface area contributed by atoms with Crippen LogP contribution in [0.1, 0.15) is 108 Å². The van der Waals surface area contributed by atoms with Crippen molar-refractivity contribution in [3.8, 4) is 11.1 Å². The first-order chi connectivity index (χ1) is 29.8. The quantitative estimate of drug-likeness (QED) is 0.0851. The Balaban J connectivity index is 0.000000302. The smallest absolute Gasteiger partial charge is 0.0394 e. The number of anilines is 2. The number of thiophene rings is 1. The lowest BCUT2D eigenvalue weighted by Gasteiger charge is -2.24. The van der Waals surface area contributed by atoms with E-state index in [9.17, 15) is 0 Å². The van der Waals surface area contributed by atoms with E-state index in [1.165, 1.54) is 64.5 Å². The van der Waals surface area contributed by atoms with Gasteiger partial charge in [0.05, 0.1) is 0 Å². The molecule has 8 rings (SSSR count). The molecule has 0 saturated heterocycles. The van der Waals surface area contributed by atoms with Gasteiger partial charge in [-0.25, -0.2) is 0 Å². The van der Waals surface area contributed by atoms with Crippen LogP contribution in [0.3, 0.4) is 0 Å². The van der Waals surface area contributed by atoms with Crippen LogP contribution in [0, 0.1) is 6.92 Å². The molecular formula is C56H71N3S2. The lowest BCUT2D eigenvalue weighted by Crippen LogP contribution is -2.13. The summed E-state index contributed by atoms with van der Waals surface area (Å²) in [6.07, 6.45) is 15.6. The van der Waals surface area contributed by atoms with Gasteiger partial charge in [-0.3, -0.25) is 0 Å². The Labute approximate surface area is 377 Å². The van der Waals surface area contributed by atoms with Gasteiger partial charge in [-0.05, 0) is 127 Å². The van der Waals surface area contributed by atoms with Gasteiger partial charge in [-0.2, -0.15) is 0 Å². The van der Waals surface area contributed by atoms with Crippen molar-refractivity contribution in [3.05, 3.63) is 184 Å². The monoisotopic (exact) mass is 850 g/mol. The molecule has 3 nitrogen and oxygen atoms in total. The normalized spacial score (nSPS) is 13.1. The van der Waals surface area contributed by atoms with Crippen molar-refractivity contribution in [3.63, 3.8) is 0 Å². The van der Waals surface area contributed by atoms with E-state index in [-0.39, 0.29) is 0 Å². The minimum absolute atomic E-state index is 0.522. The van der Waals surface area contributed by atoms with Crippen molar-refractivity contribution in [1.29, 1.82) is 0 Å². The average Bonchev–Trinajstić information content (AvgIpc) is 3.70. The van der Waals surface area contributed by atoms with Gasteiger partial charge < -0.3 is 16.8 Å². The fourth-order valence-electron chi connectivity index (χ4n) is 7.31. The summed E-state index contributed by atoms with van der Waals surface area (Å²) in [5, 5.41) is 4.81. The zero-order valence-electron chi connectivity index (χ0n) is 38.7. The van der Waals surface area contributed by atoms with Crippen molar-refractivity contribution < 1.29 is 0 Å². The minimum Gasteiger partial charge on any atom is -0.399 e. The van der Waals surface area contributed by atoms with Gasteiger partial charge in [-0.1, -0.05) is 152 Å². The van der Waals surface area contributed by atoms with Gasteiger partial charge >= 0.3 is 0 Å². The Morgan fingerprint density at radius 2 is 1.28 bits per heavy atom. The molecule has 322 valence electrons. The van der Waals surface area contributed by atoms with Crippen molar-refractivity contribution >= 4 is 56.2 Å². The van der Waals surface area contributed by atoms with Crippen molar-refractivity contribution in [1.82, 2.24) is 5.32 Å². The molecule has 1 heterocycles. The topological polar surface area (TPSA) is 64.1 Å². The molecular weight excluding hydrogens is 779 g/mol. The number of allylic oxidation sites excluding steroid dienone is 7. The van der Waals surface area contributed by atoms with E-state index in [4.69, 9.17) is 11.5 Å². The summed E-state index contributed by atoms with van der Waals surface area (Å²) in [4.78, 5) is 2.90. The van der Waals surface area contributed by atoms with Crippen LogP contribution in [0.15, 0.2) is 161 Å². The van der Waals surface area contributed by atoms with Crippen LogP contribution < -0.4 is 16.8 Å². The third-order valence-electron chi connectivity index (χ3n) is 10.4. The molecule has 0 bridgehead atoms. The molecule has 0 saturated carbocycles. The van der Waals surface area contributed by atoms with Crippen molar-refractivity contribution in [2.75, 3.05) is 24.8 Å². The summed E-state index contributed by atoms with van der Waals surface area (Å²) < 4.78 is 1.38. The first-order valence-corrected chi connectivity index (χ1v) is 24.2. The maximum atomic E-state index is 6.36. The fourth-order valence-corrected chi connectivity index (χ4v) is 9.18. The second-order valence-corrected chi connectivity index (χ2v) is 16.0. The Morgan fingerprint density at radius 3 is 1.90 bits per heavy atom. The number of nitrogens with one attached hydrogen (secondary N) is 1. The fraction of sp³-hybridized carbons (Fsp3) is 0.286. The maximum Gasteiger partial charge on any atom is 0.0394 e. The average molecular weight is 850 g/mol. The zero-order chi connectivity index (χ0) is 44.7. The number of nitrogens with two attached hydrogens (primary N) is 2. The van der Waals surface area contributed by atoms with E-state index in [1.54, 1.807) is 0 Å². The van der Waals surface area contributed by atoms with Crippen LogP contribution in [0.5, 0.6) is 0 Å². The van der Waals surface area contributed by atoms with Crippen LogP contribution in [0.25, 0.3) is 32.9 Å². The Kier molecular flexibility index (Phi) is 22.1. The number of hydrogen-bond acceptors (Lipinski definition) is 5. The molecule has 0 spiro atoms. The largest absolute Gasteiger partial charge is 0.399 e. The summed E-state index contributed by atoms with van der Waals surface area (Å²) in [6.45, 7) is 18.3. The molecule has 1 aromatic heterocycles. The lowest BCUT2D eigenvalue weighted by atomic mass is 9.84. The zero-order valence-corrected chi connectivity index (χ0v) is 40.4. The van der Waals surface area contributed by atoms with Gasteiger partial charge in [0.2, 0.25) is 0 Å². The molecule has 6 aromatic rings. The second kappa shape index (κ2) is 26.9. The van der Waals surface area contributed by atoms with E-state index in [0.717, 1.165) is 48.2 Å². The molecule has 1 unspecified atom stereocenters. The van der Waals surface area contributed by atoms with Crippen LogP contribution >= 0.6 is 23.1 Å². The molecule has 1 atom stereocenters. The number of hydrogen-bond donors (Lipinski definition) is 3. The van der Waals surface area contributed by atoms with E-state index in [0.29, 0.717) is 5.92 Å². The standard InChI is InChI=1S/C31H28N2S.C12H16S.C7H9N.3C2H6/c1-33-29-14-11-22(17-25(29)24-9-5-6-10-28(24)32)23-13-16-31-27(19-23)26-18-21(12-15-30(26)34-31)20-7-3-2-4-8-20;1-4-7-10(2)11-8-5-6-9-12(11)13-3;1-6-4-2-3-5-7(6)8;3*1-2/h2-10,12,15,17-19,33H,11,13-14,16,32H2,1H3;4-10H,1-3H3;2-5H,8H2,1H3;3*1-2H3/b;7-4-;;;;. The predicted octanol–water partition coefficient (Wildman–Crippen LogP) is 16.6. The highest BCUT2D eigenvalue weighted by Gasteiger charge is 2.22. The number of benzene rings is 5. The molecule has 5 heteroatoms. The number of thioether (sulfide) groups is 1. The molecule has 0 fully saturated rings. The van der Waals surface area contributed by atoms with E-state index in [1.807, 2.05) is 115 Å². The first-order valence-electron chi connectivity index (χ1n) is 22.2. The summed E-state index contributed by atoms with van der Waals surface area (Å²) >= 11 is 3.77. The summed E-state index contributed by atoms with van der Waals surface area (Å²) in [7, 11) is 2.02. The van der Waals surface area contributed by atoms with Gasteiger partial charge in [-0.15, -0.1) is 23.1 Å². The predicted molar refractivity (Wildman–Crippen MR) is 279 cm³/mol. The van der Waals surface area contributed by atoms with Crippen LogP contribution in [0.4, 0.5) is 11.4 Å². The van der Waals surface area contributed by atoms with Crippen LogP contribution in [-0.2, 0) is 6.42 Å². The van der Waals surface area contributed by atoms with Crippen molar-refractivity contribution in [2.45, 2.75) is 98.8 Å². The second-order valence-electron chi connectivity index (χ2n) is 14.0. The van der Waals surface area contributed by atoms with Crippen LogP contribution in [-0.4, -0.2) is 13.3 Å². The van der Waals surface area contributed by atoms with Crippen LogP contribution in [0.2, 0.25) is 0 Å². The van der Waals surface area contributed by atoms with Gasteiger partial charge in [0.15, 0.2) is 0 Å². The highest BCUT2D eigenvalue weighted by Crippen LogP contribution is 2.43. The number of aryl methyl sites for hydroxylation is 2. The molecule has 0 aliphatic heterocycles. The third kappa shape index (κ3) is 13.6. The molecule has 2 aliphatic rings. The highest BCUT2D eigenvalue weighted by molar-refractivity contribution is 7.98. The molecule has 5 N–H and O–H groups in total. The van der Waals surface area contributed by atoms with E-state index >= 15 is 0 Å². The Hall–Kier alpha value is -5.23. The summed E-state index contributed by atoms with van der Waals surface area (Å²) in [5.74, 6) is 0.522. The van der Waals surface area contributed by atoms with E-state index in [2.05, 4.69) is 135 Å². The molecule has 61 heavy (non-hydrogen) atoms.